The monoisotopic (exact) mass is 715 g/mol. The summed E-state index contributed by atoms with van der Waals surface area (Å²) in [6, 6.07) is 23.0. The standard InChI is InChI=1S/C45H43F2NO5/c1-27-6-5-16-44(26-27)41-36(22-30(46)23-37(41)47)40-34-24-38(50-3)39(51-4)25-35(34)43-33(42(40)44)15-17-45(53-43,29-9-13-32(49-2)14-10-29)28-7-11-31(12-8-28)48-18-20-52-21-19-48/h7-15,17,22-25,27H,5-6,16,18-21,26H2,1-4H3. The van der Waals surface area contributed by atoms with Gasteiger partial charge < -0.3 is 28.6 Å². The molecule has 0 N–H and O–H groups in total. The van der Waals surface area contributed by atoms with E-state index < -0.39 is 22.7 Å². The Morgan fingerprint density at radius 3 is 2.13 bits per heavy atom. The molecule has 5 aromatic rings. The van der Waals surface area contributed by atoms with E-state index >= 15 is 8.78 Å². The molecule has 0 amide bonds. The summed E-state index contributed by atoms with van der Waals surface area (Å²) < 4.78 is 62.1. The molecular weight excluding hydrogens is 672 g/mol. The third-order valence-corrected chi connectivity index (χ3v) is 12.0. The highest BCUT2D eigenvalue weighted by atomic mass is 19.1. The van der Waals surface area contributed by atoms with Gasteiger partial charge in [-0.1, -0.05) is 50.1 Å². The molecule has 3 atom stereocenters. The maximum atomic E-state index is 16.4. The zero-order valence-electron chi connectivity index (χ0n) is 30.6. The van der Waals surface area contributed by atoms with Gasteiger partial charge in [0.05, 0.1) is 34.5 Å². The molecule has 0 radical (unpaired) electrons. The molecular formula is C45H43F2NO5. The summed E-state index contributed by atoms with van der Waals surface area (Å²) in [6.45, 7) is 5.31. The number of nitrogens with zero attached hydrogens (tertiary/aromatic N) is 1. The highest BCUT2D eigenvalue weighted by Crippen LogP contribution is 2.64. The second-order valence-corrected chi connectivity index (χ2v) is 14.9. The van der Waals surface area contributed by atoms with Gasteiger partial charge in [0, 0.05) is 57.9 Å². The SMILES string of the molecule is COc1ccc(C2(c3ccc(N4CCOCC4)cc3)C=Cc3c4c(c5cc(OC)c(OC)cc5c3O2)-c2cc(F)cc(F)c2C42CCCC(C)C2)cc1. The smallest absolute Gasteiger partial charge is 0.178 e. The van der Waals surface area contributed by atoms with Crippen molar-refractivity contribution in [2.75, 3.05) is 52.5 Å². The molecule has 0 aromatic heterocycles. The zero-order valence-corrected chi connectivity index (χ0v) is 30.6. The summed E-state index contributed by atoms with van der Waals surface area (Å²) in [6.07, 6.45) is 7.80. The zero-order chi connectivity index (χ0) is 36.5. The summed E-state index contributed by atoms with van der Waals surface area (Å²) >= 11 is 0. The predicted octanol–water partition coefficient (Wildman–Crippen LogP) is 9.81. The van der Waals surface area contributed by atoms with Gasteiger partial charge in [0.1, 0.15) is 23.1 Å². The number of ether oxygens (including phenoxy) is 5. The average Bonchev–Trinajstić information content (AvgIpc) is 3.46. The van der Waals surface area contributed by atoms with Crippen LogP contribution in [0.3, 0.4) is 0 Å². The maximum Gasteiger partial charge on any atom is 0.178 e. The van der Waals surface area contributed by atoms with E-state index in [1.54, 1.807) is 21.3 Å². The van der Waals surface area contributed by atoms with Crippen LogP contribution in [0.2, 0.25) is 0 Å². The summed E-state index contributed by atoms with van der Waals surface area (Å²) in [5, 5.41) is 1.58. The number of methoxy groups -OCH3 is 3. The van der Waals surface area contributed by atoms with Crippen LogP contribution in [0.15, 0.2) is 78.9 Å². The summed E-state index contributed by atoms with van der Waals surface area (Å²) in [5.41, 5.74) is 5.23. The van der Waals surface area contributed by atoms with Crippen LogP contribution in [0.25, 0.3) is 28.0 Å². The molecule has 2 heterocycles. The Hall–Kier alpha value is -5.08. The minimum Gasteiger partial charge on any atom is -0.497 e. The molecule has 3 unspecified atom stereocenters. The van der Waals surface area contributed by atoms with Gasteiger partial charge in [0.25, 0.3) is 0 Å². The summed E-state index contributed by atoms with van der Waals surface area (Å²) in [5.74, 6) is 1.74. The Morgan fingerprint density at radius 2 is 1.47 bits per heavy atom. The first-order chi connectivity index (χ1) is 25.8. The van der Waals surface area contributed by atoms with Gasteiger partial charge in [0.15, 0.2) is 17.1 Å². The molecule has 2 aliphatic heterocycles. The lowest BCUT2D eigenvalue weighted by Crippen LogP contribution is -2.37. The first-order valence-corrected chi connectivity index (χ1v) is 18.5. The van der Waals surface area contributed by atoms with Gasteiger partial charge in [-0.15, -0.1) is 0 Å². The molecule has 0 bridgehead atoms. The largest absolute Gasteiger partial charge is 0.497 e. The quantitative estimate of drug-likeness (QED) is 0.175. The molecule has 1 spiro atoms. The highest BCUT2D eigenvalue weighted by molar-refractivity contribution is 6.09. The predicted molar refractivity (Wildman–Crippen MR) is 204 cm³/mol. The summed E-state index contributed by atoms with van der Waals surface area (Å²) in [7, 11) is 4.88. The van der Waals surface area contributed by atoms with E-state index in [1.807, 2.05) is 36.4 Å². The first-order valence-electron chi connectivity index (χ1n) is 18.5. The molecule has 4 aliphatic rings. The second-order valence-electron chi connectivity index (χ2n) is 14.9. The van der Waals surface area contributed by atoms with E-state index in [2.05, 4.69) is 48.2 Å². The number of rotatable bonds is 6. The number of anilines is 1. The lowest BCUT2D eigenvalue weighted by Gasteiger charge is -2.42. The van der Waals surface area contributed by atoms with Crippen molar-refractivity contribution in [1.29, 1.82) is 0 Å². The van der Waals surface area contributed by atoms with Crippen molar-refractivity contribution >= 4 is 22.5 Å². The Balaban J connectivity index is 1.34. The Bertz CT molecular complexity index is 2260. The molecule has 2 aliphatic carbocycles. The second kappa shape index (κ2) is 12.8. The van der Waals surface area contributed by atoms with Crippen LogP contribution in [-0.4, -0.2) is 47.6 Å². The minimum absolute atomic E-state index is 0.348. The number of hydrogen-bond acceptors (Lipinski definition) is 6. The summed E-state index contributed by atoms with van der Waals surface area (Å²) in [4.78, 5) is 2.33. The van der Waals surface area contributed by atoms with Crippen LogP contribution in [0.5, 0.6) is 23.0 Å². The molecule has 8 heteroatoms. The fourth-order valence-corrected chi connectivity index (χ4v) is 9.69. The molecule has 6 nitrogen and oxygen atoms in total. The minimum atomic E-state index is -1.03. The van der Waals surface area contributed by atoms with Crippen LogP contribution < -0.4 is 23.8 Å². The maximum absolute atomic E-state index is 16.4. The van der Waals surface area contributed by atoms with Gasteiger partial charge >= 0.3 is 0 Å². The number of morpholine rings is 1. The third-order valence-electron chi connectivity index (χ3n) is 12.0. The van der Waals surface area contributed by atoms with Crippen molar-refractivity contribution in [3.63, 3.8) is 0 Å². The van der Waals surface area contributed by atoms with E-state index in [1.165, 1.54) is 6.07 Å². The van der Waals surface area contributed by atoms with Crippen LogP contribution in [0, 0.1) is 17.6 Å². The number of halogens is 2. The molecule has 272 valence electrons. The van der Waals surface area contributed by atoms with E-state index in [0.29, 0.717) is 47.5 Å². The Morgan fingerprint density at radius 1 is 0.792 bits per heavy atom. The normalized spacial score (nSPS) is 23.0. The van der Waals surface area contributed by atoms with Crippen molar-refractivity contribution in [2.45, 2.75) is 43.6 Å². The fourth-order valence-electron chi connectivity index (χ4n) is 9.69. The third kappa shape index (κ3) is 5.12. The van der Waals surface area contributed by atoms with Crippen LogP contribution in [0.1, 0.15) is 60.4 Å². The number of benzene rings is 5. The molecule has 1 saturated carbocycles. The lowest BCUT2D eigenvalue weighted by atomic mass is 9.63. The van der Waals surface area contributed by atoms with Crippen molar-refractivity contribution in [2.24, 2.45) is 5.92 Å². The van der Waals surface area contributed by atoms with Gasteiger partial charge in [0.2, 0.25) is 0 Å². The fraction of sp³-hybridized carbons (Fsp3) is 0.333. The van der Waals surface area contributed by atoms with Gasteiger partial charge in [-0.05, 0) is 89.4 Å². The molecule has 9 rings (SSSR count). The molecule has 1 saturated heterocycles. The van der Waals surface area contributed by atoms with Gasteiger partial charge in [-0.2, -0.15) is 0 Å². The average molecular weight is 716 g/mol. The highest BCUT2D eigenvalue weighted by Gasteiger charge is 2.51. The van der Waals surface area contributed by atoms with Gasteiger partial charge in [-0.25, -0.2) is 8.78 Å². The number of fused-ring (bicyclic) bond motifs is 10. The molecule has 2 fully saturated rings. The van der Waals surface area contributed by atoms with E-state index in [4.69, 9.17) is 23.7 Å². The van der Waals surface area contributed by atoms with Crippen molar-refractivity contribution < 1.29 is 32.5 Å². The Kier molecular flexibility index (Phi) is 8.15. The Labute approximate surface area is 308 Å². The van der Waals surface area contributed by atoms with E-state index in [9.17, 15) is 0 Å². The topological polar surface area (TPSA) is 49.4 Å². The van der Waals surface area contributed by atoms with Crippen molar-refractivity contribution in [3.8, 4) is 34.1 Å². The van der Waals surface area contributed by atoms with E-state index in [0.717, 1.165) is 94.9 Å². The van der Waals surface area contributed by atoms with Crippen LogP contribution in [0.4, 0.5) is 14.5 Å². The lowest BCUT2D eigenvalue weighted by molar-refractivity contribution is 0.122. The van der Waals surface area contributed by atoms with Crippen LogP contribution >= 0.6 is 0 Å². The molecule has 53 heavy (non-hydrogen) atoms. The van der Waals surface area contributed by atoms with Crippen LogP contribution in [-0.2, 0) is 15.8 Å². The van der Waals surface area contributed by atoms with Crippen molar-refractivity contribution in [1.82, 2.24) is 0 Å². The molecule has 5 aromatic carbocycles. The van der Waals surface area contributed by atoms with Crippen molar-refractivity contribution in [3.05, 3.63) is 118 Å². The first kappa shape index (κ1) is 33.7. The van der Waals surface area contributed by atoms with E-state index in [-0.39, 0.29) is 0 Å². The number of hydrogen-bond donors (Lipinski definition) is 0. The van der Waals surface area contributed by atoms with Gasteiger partial charge in [-0.3, -0.25) is 0 Å².